The van der Waals surface area contributed by atoms with Crippen molar-refractivity contribution in [2.24, 2.45) is 0 Å². The van der Waals surface area contributed by atoms with Crippen molar-refractivity contribution >= 4 is 46.8 Å². The predicted octanol–water partition coefficient (Wildman–Crippen LogP) is 2.79. The zero-order chi connectivity index (χ0) is 24.3. The van der Waals surface area contributed by atoms with Gasteiger partial charge in [0.15, 0.2) is 0 Å². The van der Waals surface area contributed by atoms with Gasteiger partial charge in [0.05, 0.1) is 4.91 Å². The average molecular weight is 485 g/mol. The van der Waals surface area contributed by atoms with Crippen molar-refractivity contribution < 1.29 is 24.0 Å². The monoisotopic (exact) mass is 484 g/mol. The molecule has 2 N–H and O–H groups in total. The molecule has 2 heterocycles. The number of hydrogen-bond acceptors (Lipinski definition) is 6. The van der Waals surface area contributed by atoms with Crippen molar-refractivity contribution in [3.05, 3.63) is 40.3 Å². The standard InChI is InChI=1S/C24H28N4O5S/c1-16-6-8-17(9-7-16)15-18-20(30)27(23(33)34-18)14-12-25-19(29)5-4-13-28-21(31)24(26-22(28)32)10-2-3-11-24/h6-9,15H,2-5,10-14H2,1H3,(H,25,29)(H,26,32)/b18-15-. The van der Waals surface area contributed by atoms with Crippen LogP contribution in [0, 0.1) is 6.92 Å². The van der Waals surface area contributed by atoms with Crippen LogP contribution in [0.1, 0.15) is 49.7 Å². The second kappa shape index (κ2) is 10.0. The molecule has 0 atom stereocenters. The molecule has 3 aliphatic rings. The molecule has 0 bridgehead atoms. The first kappa shape index (κ1) is 24.0. The van der Waals surface area contributed by atoms with Crippen LogP contribution in [0.5, 0.6) is 0 Å². The van der Waals surface area contributed by atoms with Crippen LogP contribution in [-0.4, -0.2) is 64.0 Å². The van der Waals surface area contributed by atoms with E-state index in [1.165, 1.54) is 4.90 Å². The van der Waals surface area contributed by atoms with Gasteiger partial charge in [-0.15, -0.1) is 0 Å². The normalized spacial score (nSPS) is 20.7. The number of rotatable bonds is 8. The Morgan fingerprint density at radius 3 is 2.50 bits per heavy atom. The maximum atomic E-state index is 12.6. The van der Waals surface area contributed by atoms with Crippen molar-refractivity contribution in [1.82, 2.24) is 20.4 Å². The van der Waals surface area contributed by atoms with Gasteiger partial charge in [0.2, 0.25) is 5.91 Å². The van der Waals surface area contributed by atoms with Crippen LogP contribution in [0.15, 0.2) is 29.2 Å². The third-order valence-electron chi connectivity index (χ3n) is 6.39. The van der Waals surface area contributed by atoms with Gasteiger partial charge < -0.3 is 10.6 Å². The lowest BCUT2D eigenvalue weighted by atomic mass is 9.98. The van der Waals surface area contributed by atoms with Gasteiger partial charge in [0.25, 0.3) is 17.1 Å². The molecule has 9 nitrogen and oxygen atoms in total. The molecule has 1 aliphatic carbocycles. The fraction of sp³-hybridized carbons (Fsp3) is 0.458. The highest BCUT2D eigenvalue weighted by atomic mass is 32.2. The molecule has 34 heavy (non-hydrogen) atoms. The Morgan fingerprint density at radius 1 is 1.09 bits per heavy atom. The Kier molecular flexibility index (Phi) is 7.06. The molecule has 0 unspecified atom stereocenters. The van der Waals surface area contributed by atoms with E-state index in [9.17, 15) is 24.0 Å². The molecule has 0 radical (unpaired) electrons. The molecule has 0 aromatic heterocycles. The van der Waals surface area contributed by atoms with E-state index in [0.29, 0.717) is 24.2 Å². The number of nitrogens with one attached hydrogen (secondary N) is 2. The van der Waals surface area contributed by atoms with Crippen molar-refractivity contribution in [3.8, 4) is 0 Å². The molecule has 10 heteroatoms. The molecular weight excluding hydrogens is 456 g/mol. The molecule has 2 aliphatic heterocycles. The van der Waals surface area contributed by atoms with Crippen molar-refractivity contribution in [1.29, 1.82) is 0 Å². The molecule has 3 fully saturated rings. The van der Waals surface area contributed by atoms with Crippen molar-refractivity contribution in [3.63, 3.8) is 0 Å². The number of nitrogens with zero attached hydrogens (tertiary/aromatic N) is 2. The van der Waals surface area contributed by atoms with Crippen LogP contribution in [0.2, 0.25) is 0 Å². The Hall–Kier alpha value is -3.14. The summed E-state index contributed by atoms with van der Waals surface area (Å²) in [6, 6.07) is 7.26. The van der Waals surface area contributed by atoms with Gasteiger partial charge in [-0.3, -0.25) is 29.0 Å². The summed E-state index contributed by atoms with van der Waals surface area (Å²) in [6.07, 6.45) is 5.36. The summed E-state index contributed by atoms with van der Waals surface area (Å²) in [6.45, 7) is 2.38. The van der Waals surface area contributed by atoms with Gasteiger partial charge in [-0.25, -0.2) is 4.79 Å². The van der Waals surface area contributed by atoms with E-state index in [1.54, 1.807) is 6.08 Å². The van der Waals surface area contributed by atoms with Crippen LogP contribution in [0.3, 0.4) is 0 Å². The van der Waals surface area contributed by atoms with Gasteiger partial charge in [-0.1, -0.05) is 42.7 Å². The van der Waals surface area contributed by atoms with Gasteiger partial charge in [-0.2, -0.15) is 0 Å². The second-order valence-corrected chi connectivity index (χ2v) is 9.87. The number of aryl methyl sites for hydroxylation is 1. The topological polar surface area (TPSA) is 116 Å². The molecule has 4 rings (SSSR count). The molecule has 1 aromatic carbocycles. The van der Waals surface area contributed by atoms with Gasteiger partial charge in [0, 0.05) is 26.1 Å². The number of amides is 6. The van der Waals surface area contributed by atoms with Gasteiger partial charge >= 0.3 is 6.03 Å². The van der Waals surface area contributed by atoms with E-state index >= 15 is 0 Å². The van der Waals surface area contributed by atoms with E-state index in [0.717, 1.165) is 40.6 Å². The summed E-state index contributed by atoms with van der Waals surface area (Å²) >= 11 is 0.886. The minimum absolute atomic E-state index is 0.0805. The quantitative estimate of drug-likeness (QED) is 0.433. The number of benzene rings is 1. The van der Waals surface area contributed by atoms with E-state index in [-0.39, 0.29) is 55.0 Å². The summed E-state index contributed by atoms with van der Waals surface area (Å²) in [5, 5.41) is 5.16. The summed E-state index contributed by atoms with van der Waals surface area (Å²) in [7, 11) is 0. The molecule has 1 aromatic rings. The van der Waals surface area contributed by atoms with Crippen LogP contribution >= 0.6 is 11.8 Å². The Labute approximate surface area is 202 Å². The van der Waals surface area contributed by atoms with Crippen LogP contribution < -0.4 is 10.6 Å². The number of carbonyl (C=O) groups excluding carboxylic acids is 5. The Balaban J connectivity index is 1.19. The third-order valence-corrected chi connectivity index (χ3v) is 7.30. The van der Waals surface area contributed by atoms with Crippen LogP contribution in [0.4, 0.5) is 9.59 Å². The molecule has 2 saturated heterocycles. The molecule has 1 saturated carbocycles. The van der Waals surface area contributed by atoms with Crippen molar-refractivity contribution in [2.75, 3.05) is 19.6 Å². The summed E-state index contributed by atoms with van der Waals surface area (Å²) in [5.74, 6) is -0.817. The average Bonchev–Trinajstić information content (AvgIpc) is 3.44. The maximum absolute atomic E-state index is 12.6. The lowest BCUT2D eigenvalue weighted by Crippen LogP contribution is -2.44. The SMILES string of the molecule is Cc1ccc(/C=C2\SC(=O)N(CCNC(=O)CCCN3C(=O)NC4(CCCC4)C3=O)C2=O)cc1. The Morgan fingerprint density at radius 2 is 1.79 bits per heavy atom. The third kappa shape index (κ3) is 5.01. The fourth-order valence-corrected chi connectivity index (χ4v) is 5.36. The highest BCUT2D eigenvalue weighted by Crippen LogP contribution is 2.35. The zero-order valence-corrected chi connectivity index (χ0v) is 19.9. The summed E-state index contributed by atoms with van der Waals surface area (Å²) < 4.78 is 0. The summed E-state index contributed by atoms with van der Waals surface area (Å²) in [5.41, 5.74) is 1.21. The summed E-state index contributed by atoms with van der Waals surface area (Å²) in [4.78, 5) is 64.5. The van der Waals surface area contributed by atoms with Crippen LogP contribution in [0.25, 0.3) is 6.08 Å². The fourth-order valence-electron chi connectivity index (χ4n) is 4.50. The minimum Gasteiger partial charge on any atom is -0.354 e. The molecular formula is C24H28N4O5S. The number of urea groups is 1. The minimum atomic E-state index is -0.737. The van der Waals surface area contributed by atoms with Gasteiger partial charge in [0.1, 0.15) is 5.54 Å². The first-order valence-electron chi connectivity index (χ1n) is 11.5. The first-order valence-corrected chi connectivity index (χ1v) is 12.3. The molecule has 180 valence electrons. The largest absolute Gasteiger partial charge is 0.354 e. The molecule has 6 amide bonds. The smallest absolute Gasteiger partial charge is 0.325 e. The molecule has 1 spiro atoms. The zero-order valence-electron chi connectivity index (χ0n) is 19.1. The van der Waals surface area contributed by atoms with Crippen LogP contribution in [-0.2, 0) is 14.4 Å². The van der Waals surface area contributed by atoms with E-state index in [1.807, 2.05) is 31.2 Å². The number of imide groups is 2. The Bertz CT molecular complexity index is 1050. The van der Waals surface area contributed by atoms with Crippen molar-refractivity contribution in [2.45, 2.75) is 51.0 Å². The lowest BCUT2D eigenvalue weighted by molar-refractivity contribution is -0.131. The predicted molar refractivity (Wildman–Crippen MR) is 128 cm³/mol. The van der Waals surface area contributed by atoms with E-state index in [4.69, 9.17) is 0 Å². The lowest BCUT2D eigenvalue weighted by Gasteiger charge is -2.20. The van der Waals surface area contributed by atoms with Gasteiger partial charge in [-0.05, 0) is 49.6 Å². The number of carbonyl (C=O) groups is 5. The van der Waals surface area contributed by atoms with E-state index < -0.39 is 5.54 Å². The highest BCUT2D eigenvalue weighted by molar-refractivity contribution is 8.18. The maximum Gasteiger partial charge on any atom is 0.325 e. The van der Waals surface area contributed by atoms with E-state index in [2.05, 4.69) is 10.6 Å². The number of hydrogen-bond donors (Lipinski definition) is 2. The highest BCUT2D eigenvalue weighted by Gasteiger charge is 2.52. The number of thioether (sulfide) groups is 1. The first-order chi connectivity index (χ1) is 16.3. The second-order valence-electron chi connectivity index (χ2n) is 8.87.